The zero-order valence-corrected chi connectivity index (χ0v) is 10.7. The van der Waals surface area contributed by atoms with Crippen molar-refractivity contribution < 1.29 is 14.8 Å². The molecule has 2 rings (SSSR count). The van der Waals surface area contributed by atoms with Crippen molar-refractivity contribution >= 4 is 11.6 Å². The van der Waals surface area contributed by atoms with E-state index >= 15 is 0 Å². The molecule has 6 heteroatoms. The lowest BCUT2D eigenvalue weighted by Crippen LogP contribution is -2.32. The molecule has 6 nitrogen and oxygen atoms in total. The van der Waals surface area contributed by atoms with E-state index < -0.39 is 16.4 Å². The highest BCUT2D eigenvalue weighted by atomic mass is 16.6. The number of carbonyl (C=O) groups is 1. The lowest BCUT2D eigenvalue weighted by molar-refractivity contribution is -0.385. The van der Waals surface area contributed by atoms with Crippen molar-refractivity contribution in [3.63, 3.8) is 0 Å². The van der Waals surface area contributed by atoms with Gasteiger partial charge in [0.25, 0.3) is 5.91 Å². The number of nitro groups is 1. The van der Waals surface area contributed by atoms with Gasteiger partial charge < -0.3 is 10.0 Å². The van der Waals surface area contributed by atoms with Crippen LogP contribution >= 0.6 is 0 Å². The fourth-order valence-corrected chi connectivity index (χ4v) is 1.99. The Morgan fingerprint density at radius 3 is 2.74 bits per heavy atom. The summed E-state index contributed by atoms with van der Waals surface area (Å²) in [4.78, 5) is 24.0. The summed E-state index contributed by atoms with van der Waals surface area (Å²) in [6.45, 7) is 3.03. The Morgan fingerprint density at radius 2 is 2.21 bits per heavy atom. The number of hydrogen-bond acceptors (Lipinski definition) is 4. The Kier molecular flexibility index (Phi) is 3.69. The van der Waals surface area contributed by atoms with Gasteiger partial charge in [0.05, 0.1) is 10.5 Å². The number of benzene rings is 1. The molecule has 1 aliphatic rings. The smallest absolute Gasteiger partial charge is 0.311 e. The van der Waals surface area contributed by atoms with Crippen molar-refractivity contribution in [3.05, 3.63) is 33.9 Å². The fraction of sp³-hybridized carbons (Fsp3) is 0.462. The minimum atomic E-state index is -0.691. The van der Waals surface area contributed by atoms with Crippen molar-refractivity contribution in [3.8, 4) is 5.75 Å². The number of rotatable bonds is 5. The number of aromatic hydroxyl groups is 1. The van der Waals surface area contributed by atoms with Gasteiger partial charge in [0, 0.05) is 19.2 Å². The number of phenolic OH excluding ortho intramolecular Hbond substituents is 1. The van der Waals surface area contributed by atoms with E-state index in [0.29, 0.717) is 19.0 Å². The summed E-state index contributed by atoms with van der Waals surface area (Å²) in [6.07, 6.45) is 2.23. The molecule has 0 spiro atoms. The van der Waals surface area contributed by atoms with Crippen molar-refractivity contribution in [2.45, 2.75) is 19.8 Å². The highest BCUT2D eigenvalue weighted by molar-refractivity contribution is 5.98. The zero-order chi connectivity index (χ0) is 14.0. The van der Waals surface area contributed by atoms with Crippen LogP contribution in [0.4, 0.5) is 5.69 Å². The second kappa shape index (κ2) is 5.26. The molecule has 0 atom stereocenters. The SMILES string of the molecule is CCN(CC1CC1)C(=O)c1cccc([N+](=O)[O-])c1O. The first-order chi connectivity index (χ1) is 9.04. The third-order valence-electron chi connectivity index (χ3n) is 3.29. The van der Waals surface area contributed by atoms with E-state index in [0.717, 1.165) is 12.8 Å². The molecule has 1 amide bonds. The van der Waals surface area contributed by atoms with Gasteiger partial charge in [-0.15, -0.1) is 0 Å². The third-order valence-corrected chi connectivity index (χ3v) is 3.29. The van der Waals surface area contributed by atoms with Crippen LogP contribution in [0.1, 0.15) is 30.1 Å². The van der Waals surface area contributed by atoms with Gasteiger partial charge in [-0.25, -0.2) is 0 Å². The van der Waals surface area contributed by atoms with Crippen LogP contribution in [-0.2, 0) is 0 Å². The predicted octanol–water partition coefficient (Wildman–Crippen LogP) is 2.17. The second-order valence-corrected chi connectivity index (χ2v) is 4.72. The molecule has 0 saturated heterocycles. The van der Waals surface area contributed by atoms with Crippen LogP contribution in [-0.4, -0.2) is 33.9 Å². The number of carbonyl (C=O) groups excluding carboxylic acids is 1. The highest BCUT2D eigenvalue weighted by Crippen LogP contribution is 2.33. The zero-order valence-electron chi connectivity index (χ0n) is 10.7. The van der Waals surface area contributed by atoms with Crippen molar-refractivity contribution in [2.24, 2.45) is 5.92 Å². The molecule has 1 aliphatic carbocycles. The summed E-state index contributed by atoms with van der Waals surface area (Å²) >= 11 is 0. The average molecular weight is 264 g/mol. The van der Waals surface area contributed by atoms with E-state index in [4.69, 9.17) is 0 Å². The van der Waals surface area contributed by atoms with Gasteiger partial charge in [-0.3, -0.25) is 14.9 Å². The largest absolute Gasteiger partial charge is 0.502 e. The van der Waals surface area contributed by atoms with Crippen LogP contribution in [0.15, 0.2) is 18.2 Å². The molecule has 0 aliphatic heterocycles. The van der Waals surface area contributed by atoms with Crippen LogP contribution in [0, 0.1) is 16.0 Å². The highest BCUT2D eigenvalue weighted by Gasteiger charge is 2.29. The second-order valence-electron chi connectivity index (χ2n) is 4.72. The summed E-state index contributed by atoms with van der Waals surface area (Å²) in [5.41, 5.74) is -0.440. The molecular weight excluding hydrogens is 248 g/mol. The third kappa shape index (κ3) is 2.83. The number of nitro benzene ring substituents is 1. The molecule has 0 unspecified atom stereocenters. The number of amides is 1. The first kappa shape index (κ1) is 13.3. The minimum Gasteiger partial charge on any atom is -0.502 e. The number of nitrogens with zero attached hydrogens (tertiary/aromatic N) is 2. The molecule has 19 heavy (non-hydrogen) atoms. The minimum absolute atomic E-state index is 0.00306. The van der Waals surface area contributed by atoms with E-state index in [1.807, 2.05) is 6.92 Å². The molecule has 1 aromatic rings. The summed E-state index contributed by atoms with van der Waals surface area (Å²) in [6, 6.07) is 4.01. The lowest BCUT2D eigenvalue weighted by atomic mass is 10.1. The first-order valence-corrected chi connectivity index (χ1v) is 6.30. The molecule has 0 radical (unpaired) electrons. The first-order valence-electron chi connectivity index (χ1n) is 6.30. The standard InChI is InChI=1S/C13H16N2O4/c1-2-14(8-9-6-7-9)13(17)10-4-3-5-11(12(10)16)15(18)19/h3-5,9,16H,2,6-8H2,1H3. The van der Waals surface area contributed by atoms with E-state index in [-0.39, 0.29) is 11.5 Å². The van der Waals surface area contributed by atoms with Gasteiger partial charge in [0.2, 0.25) is 5.75 Å². The predicted molar refractivity (Wildman–Crippen MR) is 69.1 cm³/mol. The van der Waals surface area contributed by atoms with Crippen molar-refractivity contribution in [2.75, 3.05) is 13.1 Å². The van der Waals surface area contributed by atoms with Crippen molar-refractivity contribution in [1.29, 1.82) is 0 Å². The van der Waals surface area contributed by atoms with Crippen LogP contribution in [0.3, 0.4) is 0 Å². The van der Waals surface area contributed by atoms with Crippen LogP contribution < -0.4 is 0 Å². The molecule has 102 valence electrons. The normalized spacial score (nSPS) is 14.2. The molecule has 0 bridgehead atoms. The van der Waals surface area contributed by atoms with E-state index in [9.17, 15) is 20.0 Å². The molecule has 1 N–H and O–H groups in total. The van der Waals surface area contributed by atoms with Crippen molar-refractivity contribution in [1.82, 2.24) is 4.90 Å². The Bertz CT molecular complexity index is 511. The monoisotopic (exact) mass is 264 g/mol. The Labute approximate surface area is 110 Å². The Balaban J connectivity index is 2.26. The Morgan fingerprint density at radius 1 is 1.53 bits per heavy atom. The van der Waals surface area contributed by atoms with Gasteiger partial charge in [-0.1, -0.05) is 6.07 Å². The summed E-state index contributed by atoms with van der Waals surface area (Å²) in [5, 5.41) is 20.6. The van der Waals surface area contributed by atoms with Gasteiger partial charge in [-0.2, -0.15) is 0 Å². The van der Waals surface area contributed by atoms with E-state index in [1.54, 1.807) is 4.90 Å². The quantitative estimate of drug-likeness (QED) is 0.652. The van der Waals surface area contributed by atoms with Crippen LogP contribution in [0.5, 0.6) is 5.75 Å². The maximum atomic E-state index is 12.3. The summed E-state index contributed by atoms with van der Waals surface area (Å²) in [5.74, 6) is -0.368. The summed E-state index contributed by atoms with van der Waals surface area (Å²) in [7, 11) is 0. The fourth-order valence-electron chi connectivity index (χ4n) is 1.99. The maximum absolute atomic E-state index is 12.3. The summed E-state index contributed by atoms with van der Waals surface area (Å²) < 4.78 is 0. The molecular formula is C13H16N2O4. The van der Waals surface area contributed by atoms with Gasteiger partial charge in [0.15, 0.2) is 0 Å². The van der Waals surface area contributed by atoms with Gasteiger partial charge in [-0.05, 0) is 31.7 Å². The van der Waals surface area contributed by atoms with Crippen LogP contribution in [0.25, 0.3) is 0 Å². The van der Waals surface area contributed by atoms with Crippen LogP contribution in [0.2, 0.25) is 0 Å². The van der Waals surface area contributed by atoms with E-state index in [1.165, 1.54) is 18.2 Å². The molecule has 1 saturated carbocycles. The molecule has 0 heterocycles. The number of hydrogen-bond donors (Lipinski definition) is 1. The van der Waals surface area contributed by atoms with Gasteiger partial charge >= 0.3 is 5.69 Å². The number of phenols is 1. The maximum Gasteiger partial charge on any atom is 0.311 e. The topological polar surface area (TPSA) is 83.7 Å². The number of para-hydroxylation sites is 1. The van der Waals surface area contributed by atoms with E-state index in [2.05, 4.69) is 0 Å². The average Bonchev–Trinajstić information content (AvgIpc) is 3.19. The molecule has 1 fully saturated rings. The Hall–Kier alpha value is -2.11. The molecule has 1 aromatic carbocycles. The molecule has 0 aromatic heterocycles. The van der Waals surface area contributed by atoms with Gasteiger partial charge in [0.1, 0.15) is 0 Å². The lowest BCUT2D eigenvalue weighted by Gasteiger charge is -2.21.